The Bertz CT molecular complexity index is 1080. The van der Waals surface area contributed by atoms with Gasteiger partial charge in [-0.3, -0.25) is 14.9 Å². The molecule has 10 nitrogen and oxygen atoms in total. The predicted octanol–water partition coefficient (Wildman–Crippen LogP) is 2.22. The van der Waals surface area contributed by atoms with Crippen molar-refractivity contribution >= 4 is 27.3 Å². The van der Waals surface area contributed by atoms with Crippen LogP contribution in [0.25, 0.3) is 0 Å². The van der Waals surface area contributed by atoms with Crippen molar-refractivity contribution in [2.24, 2.45) is 0 Å². The fraction of sp³-hybridized carbons (Fsp3) is 0.211. The molecular formula is C19H19N3O7S. The molecule has 2 aromatic carbocycles. The van der Waals surface area contributed by atoms with Gasteiger partial charge in [0, 0.05) is 18.3 Å². The van der Waals surface area contributed by atoms with Crippen LogP contribution in [0.4, 0.5) is 11.4 Å². The van der Waals surface area contributed by atoms with E-state index in [-0.39, 0.29) is 42.6 Å². The van der Waals surface area contributed by atoms with Crippen LogP contribution >= 0.6 is 0 Å². The zero-order chi connectivity index (χ0) is 21.7. The number of amides is 1. The third-order valence-corrected chi connectivity index (χ3v) is 5.44. The molecule has 0 radical (unpaired) electrons. The Labute approximate surface area is 172 Å². The predicted molar refractivity (Wildman–Crippen MR) is 109 cm³/mol. The van der Waals surface area contributed by atoms with Gasteiger partial charge in [-0.05, 0) is 17.7 Å². The van der Waals surface area contributed by atoms with E-state index in [4.69, 9.17) is 9.47 Å². The molecule has 3 rings (SSSR count). The monoisotopic (exact) mass is 433 g/mol. The molecule has 0 aliphatic carbocycles. The zero-order valence-electron chi connectivity index (χ0n) is 15.8. The SMILES string of the molecule is C=CCNS(=O)(=O)Cc1ccc(NC(=O)c2cc3c(cc2[N+](=O)[O-])OCCO3)cc1. The van der Waals surface area contributed by atoms with Gasteiger partial charge in [0.2, 0.25) is 10.0 Å². The maximum absolute atomic E-state index is 12.6. The van der Waals surface area contributed by atoms with E-state index in [0.717, 1.165) is 6.07 Å². The standard InChI is InChI=1S/C19H19N3O7S/c1-2-7-20-30(26,27)12-13-3-5-14(6-4-13)21-19(23)15-10-17-18(29-9-8-28-17)11-16(15)22(24)25/h2-6,10-11,20H,1,7-9,12H2,(H,21,23). The molecule has 0 fully saturated rings. The summed E-state index contributed by atoms with van der Waals surface area (Å²) < 4.78 is 36.9. The number of nitrogens with zero attached hydrogens (tertiary/aromatic N) is 1. The molecule has 0 unspecified atom stereocenters. The van der Waals surface area contributed by atoms with Crippen LogP contribution in [0.3, 0.4) is 0 Å². The number of nitro groups is 1. The third kappa shape index (κ3) is 5.13. The Kier molecular flexibility index (Phi) is 6.33. The van der Waals surface area contributed by atoms with Gasteiger partial charge in [-0.2, -0.15) is 0 Å². The Morgan fingerprint density at radius 2 is 1.80 bits per heavy atom. The number of nitrogens with one attached hydrogen (secondary N) is 2. The molecule has 158 valence electrons. The molecule has 1 heterocycles. The number of rotatable bonds is 8. The molecule has 0 saturated heterocycles. The summed E-state index contributed by atoms with van der Waals surface area (Å²) in [5.74, 6) is -0.473. The van der Waals surface area contributed by atoms with Gasteiger partial charge in [-0.15, -0.1) is 6.58 Å². The largest absolute Gasteiger partial charge is 0.486 e. The number of hydrogen-bond acceptors (Lipinski definition) is 7. The first kappa shape index (κ1) is 21.3. The van der Waals surface area contributed by atoms with Gasteiger partial charge < -0.3 is 14.8 Å². The first-order valence-corrected chi connectivity index (χ1v) is 10.5. The van der Waals surface area contributed by atoms with Crippen molar-refractivity contribution in [3.05, 3.63) is 70.3 Å². The molecule has 30 heavy (non-hydrogen) atoms. The van der Waals surface area contributed by atoms with Gasteiger partial charge in [0.05, 0.1) is 16.7 Å². The first-order valence-electron chi connectivity index (χ1n) is 8.85. The van der Waals surface area contributed by atoms with Crippen molar-refractivity contribution < 1.29 is 27.6 Å². The van der Waals surface area contributed by atoms with Crippen LogP contribution in [-0.2, 0) is 15.8 Å². The molecule has 0 bridgehead atoms. The van der Waals surface area contributed by atoms with E-state index in [1.165, 1.54) is 24.3 Å². The van der Waals surface area contributed by atoms with E-state index in [2.05, 4.69) is 16.6 Å². The van der Waals surface area contributed by atoms with E-state index >= 15 is 0 Å². The van der Waals surface area contributed by atoms with Gasteiger partial charge in [0.15, 0.2) is 11.5 Å². The fourth-order valence-corrected chi connectivity index (χ4v) is 3.86. The van der Waals surface area contributed by atoms with E-state index in [9.17, 15) is 23.3 Å². The van der Waals surface area contributed by atoms with Crippen LogP contribution in [0.5, 0.6) is 11.5 Å². The molecule has 0 atom stereocenters. The molecule has 11 heteroatoms. The Morgan fingerprint density at radius 1 is 1.17 bits per heavy atom. The first-order chi connectivity index (χ1) is 14.3. The number of sulfonamides is 1. The summed E-state index contributed by atoms with van der Waals surface area (Å²) in [6.45, 7) is 4.12. The van der Waals surface area contributed by atoms with Gasteiger partial charge in [0.25, 0.3) is 11.6 Å². The quantitative estimate of drug-likeness (QED) is 0.370. The molecule has 2 N–H and O–H groups in total. The lowest BCUT2D eigenvalue weighted by Gasteiger charge is -2.18. The Hall–Kier alpha value is -3.44. The summed E-state index contributed by atoms with van der Waals surface area (Å²) in [5, 5.41) is 13.9. The second-order valence-corrected chi connectivity index (χ2v) is 8.12. The minimum Gasteiger partial charge on any atom is -0.486 e. The highest BCUT2D eigenvalue weighted by atomic mass is 32.2. The number of benzene rings is 2. The Morgan fingerprint density at radius 3 is 2.40 bits per heavy atom. The van der Waals surface area contributed by atoms with E-state index in [1.54, 1.807) is 12.1 Å². The summed E-state index contributed by atoms with van der Waals surface area (Å²) in [6.07, 6.45) is 1.44. The molecule has 0 saturated carbocycles. The minimum atomic E-state index is -3.51. The fourth-order valence-electron chi connectivity index (χ4n) is 2.75. The molecule has 1 aliphatic heterocycles. The summed E-state index contributed by atoms with van der Waals surface area (Å²) in [5.41, 5.74) is 0.275. The van der Waals surface area contributed by atoms with Gasteiger partial charge in [-0.1, -0.05) is 18.2 Å². The number of anilines is 1. The molecule has 1 aliphatic rings. The lowest BCUT2D eigenvalue weighted by atomic mass is 10.1. The van der Waals surface area contributed by atoms with Crippen molar-refractivity contribution in [1.29, 1.82) is 0 Å². The van der Waals surface area contributed by atoms with E-state index < -0.39 is 26.5 Å². The Balaban J connectivity index is 1.76. The number of nitro benzene ring substituents is 1. The molecule has 1 amide bonds. The summed E-state index contributed by atoms with van der Waals surface area (Å²) in [6, 6.07) is 8.55. The smallest absolute Gasteiger partial charge is 0.286 e. The second-order valence-electron chi connectivity index (χ2n) is 6.32. The molecule has 0 spiro atoms. The maximum atomic E-state index is 12.6. The summed E-state index contributed by atoms with van der Waals surface area (Å²) in [7, 11) is -3.51. The number of carbonyl (C=O) groups is 1. The van der Waals surface area contributed by atoms with Gasteiger partial charge >= 0.3 is 0 Å². The van der Waals surface area contributed by atoms with E-state index in [0.29, 0.717) is 11.3 Å². The number of hydrogen-bond donors (Lipinski definition) is 2. The minimum absolute atomic E-state index is 0.130. The summed E-state index contributed by atoms with van der Waals surface area (Å²) >= 11 is 0. The van der Waals surface area contributed by atoms with Crippen LogP contribution in [0.15, 0.2) is 49.1 Å². The zero-order valence-corrected chi connectivity index (χ0v) is 16.6. The average Bonchev–Trinajstić information content (AvgIpc) is 2.72. The average molecular weight is 433 g/mol. The van der Waals surface area contributed by atoms with Gasteiger partial charge in [0.1, 0.15) is 18.8 Å². The van der Waals surface area contributed by atoms with Crippen LogP contribution in [-0.4, -0.2) is 39.0 Å². The maximum Gasteiger partial charge on any atom is 0.286 e. The van der Waals surface area contributed by atoms with Crippen molar-refractivity contribution in [3.63, 3.8) is 0 Å². The molecular weight excluding hydrogens is 414 g/mol. The van der Waals surface area contributed by atoms with Crippen LogP contribution in [0, 0.1) is 10.1 Å². The molecule has 0 aromatic heterocycles. The topological polar surface area (TPSA) is 137 Å². The normalized spacial score (nSPS) is 12.8. The van der Waals surface area contributed by atoms with Crippen molar-refractivity contribution in [2.45, 2.75) is 5.75 Å². The van der Waals surface area contributed by atoms with Crippen LogP contribution < -0.4 is 19.5 Å². The second kappa shape index (κ2) is 8.93. The van der Waals surface area contributed by atoms with Crippen LogP contribution in [0.1, 0.15) is 15.9 Å². The van der Waals surface area contributed by atoms with Crippen molar-refractivity contribution in [1.82, 2.24) is 4.72 Å². The highest BCUT2D eigenvalue weighted by Crippen LogP contribution is 2.36. The van der Waals surface area contributed by atoms with Gasteiger partial charge in [-0.25, -0.2) is 13.1 Å². The number of fused-ring (bicyclic) bond motifs is 1. The molecule has 2 aromatic rings. The highest BCUT2D eigenvalue weighted by Gasteiger charge is 2.26. The lowest BCUT2D eigenvalue weighted by molar-refractivity contribution is -0.385. The van der Waals surface area contributed by atoms with Crippen LogP contribution in [0.2, 0.25) is 0 Å². The number of carbonyl (C=O) groups excluding carboxylic acids is 1. The van der Waals surface area contributed by atoms with Crippen molar-refractivity contribution in [3.8, 4) is 11.5 Å². The van der Waals surface area contributed by atoms with E-state index in [1.807, 2.05) is 0 Å². The highest BCUT2D eigenvalue weighted by molar-refractivity contribution is 7.88. The van der Waals surface area contributed by atoms with Crippen molar-refractivity contribution in [2.75, 3.05) is 25.1 Å². The number of ether oxygens (including phenoxy) is 2. The lowest BCUT2D eigenvalue weighted by Crippen LogP contribution is -2.25. The third-order valence-electron chi connectivity index (χ3n) is 4.12. The summed E-state index contributed by atoms with van der Waals surface area (Å²) in [4.78, 5) is 23.3.